The number of ether oxygens (including phenoxy) is 1. The van der Waals surface area contributed by atoms with Crippen LogP contribution in [0.2, 0.25) is 0 Å². The van der Waals surface area contributed by atoms with Crippen LogP contribution in [0.3, 0.4) is 0 Å². The number of amides is 1. The zero-order valence-corrected chi connectivity index (χ0v) is 17.7. The van der Waals surface area contributed by atoms with Crippen molar-refractivity contribution in [2.75, 3.05) is 19.0 Å². The summed E-state index contributed by atoms with van der Waals surface area (Å²) in [5.41, 5.74) is 3.80. The molecule has 0 saturated heterocycles. The minimum Gasteiger partial charge on any atom is -0.481 e. The average molecular weight is 451 g/mol. The van der Waals surface area contributed by atoms with Gasteiger partial charge in [-0.25, -0.2) is 14.6 Å². The third-order valence-corrected chi connectivity index (χ3v) is 4.48. The van der Waals surface area contributed by atoms with E-state index in [0.29, 0.717) is 17.8 Å². The predicted molar refractivity (Wildman–Crippen MR) is 119 cm³/mol. The summed E-state index contributed by atoms with van der Waals surface area (Å²) in [6.07, 6.45) is 9.86. The molecule has 0 radical (unpaired) electrons. The third-order valence-electron chi connectivity index (χ3n) is 4.48. The molecular weight excluding hydrogens is 430 g/mol. The Morgan fingerprint density at radius 1 is 1.18 bits per heavy atom. The molecule has 0 saturated carbocycles. The number of nitrogens with one attached hydrogen (secondary N) is 2. The Labute approximate surface area is 188 Å². The Bertz CT molecular complexity index is 1160. The highest BCUT2D eigenvalue weighted by Crippen LogP contribution is 2.41. The summed E-state index contributed by atoms with van der Waals surface area (Å²) >= 11 is 0. The summed E-state index contributed by atoms with van der Waals surface area (Å²) < 4.78 is 6.00. The van der Waals surface area contributed by atoms with Crippen molar-refractivity contribution >= 4 is 29.1 Å². The number of aromatic nitrogens is 3. The van der Waals surface area contributed by atoms with Crippen molar-refractivity contribution in [3.05, 3.63) is 78.1 Å². The zero-order chi connectivity index (χ0) is 24.0. The largest absolute Gasteiger partial charge is 0.481 e. The smallest absolute Gasteiger partial charge is 0.328 e. The van der Waals surface area contributed by atoms with Crippen molar-refractivity contribution in [3.8, 4) is 5.75 Å². The van der Waals surface area contributed by atoms with Gasteiger partial charge in [-0.3, -0.25) is 9.89 Å². The average Bonchev–Trinajstić information content (AvgIpc) is 3.37. The van der Waals surface area contributed by atoms with Gasteiger partial charge in [0.1, 0.15) is 18.2 Å². The molecule has 1 unspecified atom stereocenters. The summed E-state index contributed by atoms with van der Waals surface area (Å²) in [5.74, 6) is -1.84. The molecule has 4 rings (SSSR count). The number of anilines is 1. The van der Waals surface area contributed by atoms with E-state index in [1.165, 1.54) is 6.33 Å². The standard InChI is InChI=1S/C18H17N5O2.C4H4O4/c1-23(2)12-6-7-16-14(9-12)13-8-11(4-3-5-15(13)25-16)21-18(24)17-19-10-20-22-17;5-3(6)1-2-4(7)8/h3-10,15H,1-2H3,(H,21,24)(H,19,20,22);1-2H,(H,5,6)(H,7,8)/b;2-1+. The summed E-state index contributed by atoms with van der Waals surface area (Å²) in [7, 11) is 4.00. The second-order valence-corrected chi connectivity index (χ2v) is 7.02. The van der Waals surface area contributed by atoms with Gasteiger partial charge >= 0.3 is 11.9 Å². The van der Waals surface area contributed by atoms with Gasteiger partial charge in [-0.1, -0.05) is 6.08 Å². The fraction of sp³-hybridized carbons (Fsp3) is 0.136. The van der Waals surface area contributed by atoms with Crippen molar-refractivity contribution in [3.63, 3.8) is 0 Å². The third kappa shape index (κ3) is 5.94. The van der Waals surface area contributed by atoms with E-state index in [0.717, 1.165) is 22.6 Å². The molecule has 4 N–H and O–H groups in total. The summed E-state index contributed by atoms with van der Waals surface area (Å²) in [6.45, 7) is 0. The lowest BCUT2D eigenvalue weighted by atomic mass is 10.0. The van der Waals surface area contributed by atoms with Crippen LogP contribution in [-0.2, 0) is 9.59 Å². The van der Waals surface area contributed by atoms with Crippen molar-refractivity contribution in [2.45, 2.75) is 6.10 Å². The molecule has 170 valence electrons. The number of carboxylic acids is 2. The number of carboxylic acid groups (broad SMARTS) is 2. The van der Waals surface area contributed by atoms with E-state index >= 15 is 0 Å². The lowest BCUT2D eigenvalue weighted by Crippen LogP contribution is -2.23. The number of hydrogen-bond donors (Lipinski definition) is 4. The molecule has 1 aromatic carbocycles. The van der Waals surface area contributed by atoms with Crippen molar-refractivity contribution < 1.29 is 29.3 Å². The maximum Gasteiger partial charge on any atom is 0.328 e. The van der Waals surface area contributed by atoms with Crippen LogP contribution in [-0.4, -0.2) is 63.4 Å². The van der Waals surface area contributed by atoms with Gasteiger partial charge in [-0.2, -0.15) is 5.10 Å². The van der Waals surface area contributed by atoms with Crippen LogP contribution in [0, 0.1) is 0 Å². The number of carbonyl (C=O) groups is 3. The van der Waals surface area contributed by atoms with Crippen molar-refractivity contribution in [2.24, 2.45) is 0 Å². The highest BCUT2D eigenvalue weighted by molar-refractivity contribution is 5.93. The van der Waals surface area contributed by atoms with E-state index in [9.17, 15) is 14.4 Å². The first-order chi connectivity index (χ1) is 15.7. The van der Waals surface area contributed by atoms with Gasteiger partial charge in [-0.15, -0.1) is 0 Å². The van der Waals surface area contributed by atoms with Gasteiger partial charge in [0.15, 0.2) is 0 Å². The lowest BCUT2D eigenvalue weighted by molar-refractivity contribution is -0.134. The minimum absolute atomic E-state index is 0.164. The molecule has 11 heteroatoms. The highest BCUT2D eigenvalue weighted by atomic mass is 16.5. The molecule has 2 aromatic rings. The number of fused-ring (bicyclic) bond motifs is 3. The summed E-state index contributed by atoms with van der Waals surface area (Å²) in [4.78, 5) is 37.2. The van der Waals surface area contributed by atoms with E-state index in [2.05, 4.69) is 26.6 Å². The molecule has 33 heavy (non-hydrogen) atoms. The fourth-order valence-electron chi connectivity index (χ4n) is 2.98. The Hall–Kier alpha value is -4.67. The molecule has 11 nitrogen and oxygen atoms in total. The van der Waals surface area contributed by atoms with Crippen LogP contribution in [0.5, 0.6) is 5.75 Å². The maximum absolute atomic E-state index is 12.2. The topological polar surface area (TPSA) is 158 Å². The quantitative estimate of drug-likeness (QED) is 0.496. The van der Waals surface area contributed by atoms with Gasteiger partial charge in [0.2, 0.25) is 5.82 Å². The lowest BCUT2D eigenvalue weighted by Gasteiger charge is -2.13. The summed E-state index contributed by atoms with van der Waals surface area (Å²) in [5, 5.41) is 24.7. The van der Waals surface area contributed by atoms with E-state index in [4.69, 9.17) is 14.9 Å². The molecule has 2 heterocycles. The predicted octanol–water partition coefficient (Wildman–Crippen LogP) is 1.61. The van der Waals surface area contributed by atoms with Gasteiger partial charge in [0.05, 0.1) is 0 Å². The van der Waals surface area contributed by atoms with E-state index in [1.807, 2.05) is 55.4 Å². The van der Waals surface area contributed by atoms with Gasteiger partial charge in [0.25, 0.3) is 5.91 Å². The molecule has 1 aromatic heterocycles. The number of nitrogens with zero attached hydrogens (tertiary/aromatic N) is 3. The van der Waals surface area contributed by atoms with E-state index in [-0.39, 0.29) is 17.8 Å². The first-order valence-electron chi connectivity index (χ1n) is 9.63. The Balaban J connectivity index is 0.000000331. The maximum atomic E-state index is 12.2. The van der Waals surface area contributed by atoms with Gasteiger partial charge in [-0.05, 0) is 36.4 Å². The second kappa shape index (κ2) is 10.1. The van der Waals surface area contributed by atoms with Crippen molar-refractivity contribution in [1.29, 1.82) is 0 Å². The number of aromatic amines is 1. The van der Waals surface area contributed by atoms with Crippen LogP contribution in [0.4, 0.5) is 5.69 Å². The van der Waals surface area contributed by atoms with Crippen LogP contribution >= 0.6 is 0 Å². The Morgan fingerprint density at radius 3 is 2.52 bits per heavy atom. The number of benzene rings is 1. The number of rotatable bonds is 5. The number of allylic oxidation sites excluding steroid dienone is 3. The number of hydrogen-bond acceptors (Lipinski definition) is 7. The van der Waals surface area contributed by atoms with Crippen LogP contribution in [0.15, 0.2) is 66.7 Å². The second-order valence-electron chi connectivity index (χ2n) is 7.02. The normalized spacial score (nSPS) is 15.6. The molecule has 1 amide bonds. The van der Waals surface area contributed by atoms with E-state index in [1.54, 1.807) is 0 Å². The molecule has 1 aliphatic carbocycles. The zero-order valence-electron chi connectivity index (χ0n) is 17.7. The first-order valence-corrected chi connectivity index (χ1v) is 9.63. The number of aliphatic carboxylic acids is 2. The number of carbonyl (C=O) groups excluding carboxylic acids is 1. The summed E-state index contributed by atoms with van der Waals surface area (Å²) in [6, 6.07) is 6.09. The monoisotopic (exact) mass is 451 g/mol. The molecule has 1 atom stereocenters. The number of H-pyrrole nitrogens is 1. The van der Waals surface area contributed by atoms with Crippen molar-refractivity contribution in [1.82, 2.24) is 20.5 Å². The van der Waals surface area contributed by atoms with Crippen LogP contribution in [0.1, 0.15) is 16.2 Å². The van der Waals surface area contributed by atoms with E-state index < -0.39 is 11.9 Å². The SMILES string of the molecule is CN(C)c1ccc2c(c1)C1=CC(NC(=O)c3ncn[nH]3)=CC=CC1O2.O=C(O)/C=C/C(=O)O. The highest BCUT2D eigenvalue weighted by Gasteiger charge is 2.28. The molecular formula is C22H21N5O6. The van der Waals surface area contributed by atoms with Crippen LogP contribution < -0.4 is 15.0 Å². The van der Waals surface area contributed by atoms with Gasteiger partial charge in [0, 0.05) is 48.8 Å². The van der Waals surface area contributed by atoms with Crippen LogP contribution in [0.25, 0.3) is 5.57 Å². The molecule has 0 fully saturated rings. The fourth-order valence-corrected chi connectivity index (χ4v) is 2.98. The molecule has 0 bridgehead atoms. The molecule has 0 spiro atoms. The minimum atomic E-state index is -1.26. The Morgan fingerprint density at radius 2 is 1.91 bits per heavy atom. The first kappa shape index (κ1) is 23.0. The Kier molecular flexibility index (Phi) is 7.03. The van der Waals surface area contributed by atoms with Gasteiger partial charge < -0.3 is 25.2 Å². The molecule has 2 aliphatic rings. The molecule has 1 aliphatic heterocycles.